The average molecular weight is 322 g/mol. The predicted molar refractivity (Wildman–Crippen MR) is 80.7 cm³/mol. The third-order valence-corrected chi connectivity index (χ3v) is 3.54. The first-order valence-corrected chi connectivity index (χ1v) is 7.48. The number of aromatic nitrogens is 3. The molecule has 0 bridgehead atoms. The van der Waals surface area contributed by atoms with Crippen molar-refractivity contribution in [2.24, 2.45) is 0 Å². The zero-order chi connectivity index (χ0) is 18.6. The average Bonchev–Trinajstić information content (AvgIpc) is 2.53. The number of nitrogens with one attached hydrogen (secondary N) is 2. The van der Waals surface area contributed by atoms with E-state index in [9.17, 15) is 13.8 Å². The summed E-state index contributed by atoms with van der Waals surface area (Å²) in [5, 5.41) is 11.7. The lowest BCUT2D eigenvalue weighted by atomic mass is 10.2. The summed E-state index contributed by atoms with van der Waals surface area (Å²) in [5.74, 6) is -0.835. The lowest BCUT2D eigenvalue weighted by Gasteiger charge is -2.11. The fourth-order valence-electron chi connectivity index (χ4n) is 1.63. The van der Waals surface area contributed by atoms with Crippen LogP contribution in [0.1, 0.15) is 25.1 Å². The van der Waals surface area contributed by atoms with Gasteiger partial charge in [0.2, 0.25) is 0 Å². The van der Waals surface area contributed by atoms with E-state index in [0.717, 1.165) is 0 Å². The maximum Gasteiger partial charge on any atom is 0.273 e. The monoisotopic (exact) mass is 322 g/mol. The summed E-state index contributed by atoms with van der Waals surface area (Å²) in [6.07, 6.45) is 3.31. The van der Waals surface area contributed by atoms with Crippen LogP contribution in [0, 0.1) is 0 Å². The number of hydrogen-bond acceptors (Lipinski definition) is 7. The van der Waals surface area contributed by atoms with E-state index in [1.807, 2.05) is 0 Å². The number of rotatable bonds is 5. The van der Waals surface area contributed by atoms with Crippen molar-refractivity contribution in [2.45, 2.75) is 4.90 Å². The first kappa shape index (κ1) is 11.9. The Morgan fingerprint density at radius 3 is 2.95 bits per heavy atom. The molecular formula is C13H13N5O3S. The molecule has 114 valence electrons. The lowest BCUT2D eigenvalue weighted by molar-refractivity contribution is 0.0957. The van der Waals surface area contributed by atoms with Crippen LogP contribution in [0.3, 0.4) is 0 Å². The zero-order valence-electron chi connectivity index (χ0n) is 14.4. The third kappa shape index (κ3) is 3.31. The molecule has 0 saturated carbocycles. The maximum atomic E-state index is 12.1. The van der Waals surface area contributed by atoms with Crippen LogP contribution in [-0.4, -0.2) is 44.8 Å². The number of anilines is 2. The number of carbonyl (C=O) groups is 2. The maximum absolute atomic E-state index is 12.1. The summed E-state index contributed by atoms with van der Waals surface area (Å²) < 4.78 is 33.1. The zero-order valence-corrected chi connectivity index (χ0v) is 12.2. The van der Waals surface area contributed by atoms with E-state index in [1.54, 1.807) is 17.4 Å². The van der Waals surface area contributed by atoms with Crippen LogP contribution < -0.4 is 10.6 Å². The fourth-order valence-corrected chi connectivity index (χ4v) is 2.28. The van der Waals surface area contributed by atoms with Crippen molar-refractivity contribution < 1.29 is 17.9 Å². The van der Waals surface area contributed by atoms with Gasteiger partial charge in [0.25, 0.3) is 5.91 Å². The fraction of sp³-hybridized carbons (Fsp3) is 0.154. The smallest absolute Gasteiger partial charge is 0.273 e. The number of carbonyl (C=O) groups excluding carboxylic acids is 2. The van der Waals surface area contributed by atoms with Crippen LogP contribution in [0.2, 0.25) is 0 Å². The van der Waals surface area contributed by atoms with Gasteiger partial charge in [-0.25, -0.2) is 4.98 Å². The molecule has 8 nitrogen and oxygen atoms in total. The Hall–Kier alpha value is -2.68. The van der Waals surface area contributed by atoms with Crippen LogP contribution in [0.5, 0.6) is 0 Å². The minimum absolute atomic E-state index is 0.00394. The summed E-state index contributed by atoms with van der Waals surface area (Å²) in [6.45, 7) is -2.72. The van der Waals surface area contributed by atoms with E-state index >= 15 is 0 Å². The van der Waals surface area contributed by atoms with Gasteiger partial charge in [-0.3, -0.25) is 13.8 Å². The van der Waals surface area contributed by atoms with Crippen molar-refractivity contribution in [1.29, 1.82) is 0 Å². The van der Waals surface area contributed by atoms with Crippen molar-refractivity contribution in [3.8, 4) is 0 Å². The van der Waals surface area contributed by atoms with E-state index in [-0.39, 0.29) is 22.9 Å². The first-order chi connectivity index (χ1) is 11.7. The first-order valence-electron chi connectivity index (χ1n) is 7.42. The van der Waals surface area contributed by atoms with E-state index in [1.165, 1.54) is 18.5 Å². The molecule has 0 aliphatic rings. The minimum atomic E-state index is -2.72. The lowest BCUT2D eigenvalue weighted by Crippen LogP contribution is -2.22. The highest BCUT2D eigenvalue weighted by Crippen LogP contribution is 2.22. The molecule has 0 saturated heterocycles. The van der Waals surface area contributed by atoms with Crippen LogP contribution in [0.4, 0.5) is 11.5 Å². The van der Waals surface area contributed by atoms with Gasteiger partial charge in [0.15, 0.2) is 12.0 Å². The summed E-state index contributed by atoms with van der Waals surface area (Å²) >= 11 is 0. The van der Waals surface area contributed by atoms with Gasteiger partial charge in [-0.15, -0.1) is 10.2 Å². The Labute approximate surface area is 133 Å². The molecule has 2 heterocycles. The molecule has 2 N–H and O–H groups in total. The van der Waals surface area contributed by atoms with Crippen molar-refractivity contribution in [3.63, 3.8) is 0 Å². The van der Waals surface area contributed by atoms with Gasteiger partial charge in [0.1, 0.15) is 11.5 Å². The third-order valence-electron chi connectivity index (χ3n) is 2.60. The van der Waals surface area contributed by atoms with Gasteiger partial charge < -0.3 is 10.6 Å². The largest absolute Gasteiger partial charge is 0.354 e. The highest BCUT2D eigenvalue weighted by molar-refractivity contribution is 7.84. The Morgan fingerprint density at radius 2 is 2.27 bits per heavy atom. The van der Waals surface area contributed by atoms with E-state index in [2.05, 4.69) is 20.5 Å². The van der Waals surface area contributed by atoms with E-state index in [0.29, 0.717) is 11.2 Å². The quantitative estimate of drug-likeness (QED) is 0.771. The minimum Gasteiger partial charge on any atom is -0.354 e. The van der Waals surface area contributed by atoms with Crippen LogP contribution in [-0.2, 0) is 10.8 Å². The molecule has 2 aromatic heterocycles. The predicted octanol–water partition coefficient (Wildman–Crippen LogP) is 0.525. The molecule has 0 radical (unpaired) electrons. The van der Waals surface area contributed by atoms with Crippen LogP contribution >= 0.6 is 0 Å². The number of amides is 1. The normalized spacial score (nSPS) is 14.1. The summed E-state index contributed by atoms with van der Waals surface area (Å²) in [6, 6.07) is 4.38. The van der Waals surface area contributed by atoms with Crippen LogP contribution in [0.25, 0.3) is 0 Å². The topological polar surface area (TPSA) is 114 Å². The molecule has 0 fully saturated rings. The Morgan fingerprint density at radius 1 is 1.45 bits per heavy atom. The van der Waals surface area contributed by atoms with Gasteiger partial charge in [0.05, 0.1) is 21.4 Å². The second-order valence-corrected chi connectivity index (χ2v) is 5.38. The molecule has 2 rings (SSSR count). The van der Waals surface area contributed by atoms with Crippen molar-refractivity contribution in [2.75, 3.05) is 18.5 Å². The van der Waals surface area contributed by atoms with Crippen molar-refractivity contribution in [3.05, 3.63) is 35.8 Å². The van der Waals surface area contributed by atoms with Gasteiger partial charge in [-0.1, -0.05) is 0 Å². The number of hydrogen-bond donors (Lipinski definition) is 2. The number of nitrogens with zero attached hydrogens (tertiary/aromatic N) is 3. The molecule has 2 aromatic rings. The van der Waals surface area contributed by atoms with Gasteiger partial charge in [-0.2, -0.15) is 0 Å². The Kier molecular flexibility index (Phi) is 3.71. The summed E-state index contributed by atoms with van der Waals surface area (Å²) in [4.78, 5) is 27.4. The van der Waals surface area contributed by atoms with Crippen molar-refractivity contribution >= 4 is 34.5 Å². The van der Waals surface area contributed by atoms with Gasteiger partial charge >= 0.3 is 0 Å². The summed E-state index contributed by atoms with van der Waals surface area (Å²) in [7, 11) is -1.38. The molecular weight excluding hydrogens is 306 g/mol. The molecule has 1 unspecified atom stereocenters. The highest BCUT2D eigenvalue weighted by atomic mass is 32.2. The van der Waals surface area contributed by atoms with E-state index < -0.39 is 23.7 Å². The molecule has 22 heavy (non-hydrogen) atoms. The van der Waals surface area contributed by atoms with Crippen molar-refractivity contribution in [1.82, 2.24) is 20.5 Å². The Bertz CT molecular complexity index is 844. The van der Waals surface area contributed by atoms with Crippen LogP contribution in [0.15, 0.2) is 29.3 Å². The van der Waals surface area contributed by atoms with Gasteiger partial charge in [0, 0.05) is 23.5 Å². The molecule has 1 atom stereocenters. The standard InChI is InChI=1S/C13H13N5O3S/c1-14-13(20)11-9(6-8(7-19)17-18-11)16-12-10(22(2)21)4-3-5-15-12/h3-7H,1-2H3,(H,14,20)(H,15,16,17)/i1D3. The second-order valence-electron chi connectivity index (χ2n) is 4.03. The second kappa shape index (κ2) is 6.85. The molecule has 0 spiro atoms. The SMILES string of the molecule is [2H]C([2H])([2H])NC(=O)c1nnc(C=O)cc1Nc1ncccc1S(C)=O. The highest BCUT2D eigenvalue weighted by Gasteiger charge is 2.16. The Balaban J connectivity index is 2.47. The number of aldehydes is 1. The molecule has 9 heteroatoms. The number of pyridine rings is 1. The van der Waals surface area contributed by atoms with Gasteiger partial charge in [-0.05, 0) is 18.2 Å². The molecule has 0 aliphatic heterocycles. The molecule has 1 amide bonds. The molecule has 0 aliphatic carbocycles. The summed E-state index contributed by atoms with van der Waals surface area (Å²) in [5.41, 5.74) is -0.424. The van der Waals surface area contributed by atoms with E-state index in [4.69, 9.17) is 4.11 Å². The molecule has 0 aromatic carbocycles.